The zero-order valence-corrected chi connectivity index (χ0v) is 37.3. The molecule has 0 atom stereocenters. The van der Waals surface area contributed by atoms with E-state index < -0.39 is 0 Å². The average molecular weight is 819 g/mol. The lowest BCUT2D eigenvalue weighted by Gasteiger charge is -2.34. The second kappa shape index (κ2) is 14.4. The van der Waals surface area contributed by atoms with Crippen LogP contribution in [0.5, 0.6) is 0 Å². The van der Waals surface area contributed by atoms with Crippen LogP contribution in [-0.2, 0) is 10.8 Å². The molecule has 0 spiro atoms. The van der Waals surface area contributed by atoms with Crippen LogP contribution >= 0.6 is 23.5 Å². The first-order valence-electron chi connectivity index (χ1n) is 21.5. The summed E-state index contributed by atoms with van der Waals surface area (Å²) in [4.78, 5) is 5.45. The summed E-state index contributed by atoms with van der Waals surface area (Å²) in [5.74, 6) is 0. The van der Waals surface area contributed by atoms with Crippen molar-refractivity contribution in [2.75, 3.05) is 0 Å². The molecule has 0 radical (unpaired) electrons. The lowest BCUT2D eigenvalue weighted by atomic mass is 9.36. The summed E-state index contributed by atoms with van der Waals surface area (Å²) < 4.78 is 0. The predicted molar refractivity (Wildman–Crippen MR) is 266 cm³/mol. The Hall–Kier alpha value is -5.74. The van der Waals surface area contributed by atoms with E-state index in [2.05, 4.69) is 217 Å². The fourth-order valence-corrected chi connectivity index (χ4v) is 12.2. The molecule has 0 aliphatic carbocycles. The molecule has 0 amide bonds. The molecule has 61 heavy (non-hydrogen) atoms. The van der Waals surface area contributed by atoms with Crippen molar-refractivity contribution in [3.63, 3.8) is 0 Å². The largest absolute Gasteiger partial charge is 0.247 e. The minimum absolute atomic E-state index is 0.0295. The average Bonchev–Trinajstić information content (AvgIpc) is 3.27. The molecule has 0 bridgehead atoms. The minimum Gasteiger partial charge on any atom is -0.0911 e. The van der Waals surface area contributed by atoms with Gasteiger partial charge in [0.1, 0.15) is 0 Å². The van der Waals surface area contributed by atoms with Gasteiger partial charge in [-0.1, -0.05) is 209 Å². The maximum Gasteiger partial charge on any atom is 0.247 e. The van der Waals surface area contributed by atoms with Crippen LogP contribution in [-0.4, -0.2) is 6.71 Å². The van der Waals surface area contributed by atoms with Gasteiger partial charge >= 0.3 is 0 Å². The van der Waals surface area contributed by atoms with E-state index in [0.717, 1.165) is 0 Å². The van der Waals surface area contributed by atoms with Gasteiger partial charge in [0.05, 0.1) is 0 Å². The quantitative estimate of drug-likeness (QED) is 0.128. The molecule has 0 N–H and O–H groups in total. The number of benzene rings is 9. The van der Waals surface area contributed by atoms with Crippen LogP contribution in [0.2, 0.25) is 0 Å². The van der Waals surface area contributed by atoms with E-state index in [1.54, 1.807) is 0 Å². The summed E-state index contributed by atoms with van der Waals surface area (Å²) in [6, 6.07) is 66.9. The van der Waals surface area contributed by atoms with Gasteiger partial charge in [0.2, 0.25) is 6.71 Å². The third kappa shape index (κ3) is 6.56. The molecule has 0 saturated heterocycles. The Labute approximate surface area is 369 Å². The van der Waals surface area contributed by atoms with Crippen LogP contribution in [0.3, 0.4) is 0 Å². The highest BCUT2D eigenvalue weighted by Crippen LogP contribution is 2.47. The smallest absolute Gasteiger partial charge is 0.0911 e. The number of hydrogen-bond donors (Lipinski definition) is 0. The molecule has 11 rings (SSSR count). The molecule has 2 heterocycles. The normalized spacial score (nSPS) is 13.2. The summed E-state index contributed by atoms with van der Waals surface area (Å²) in [5.41, 5.74) is 17.1. The van der Waals surface area contributed by atoms with Crippen molar-refractivity contribution in [2.45, 2.75) is 72.0 Å². The van der Waals surface area contributed by atoms with Gasteiger partial charge in [-0.15, -0.1) is 0 Å². The highest BCUT2D eigenvalue weighted by Gasteiger charge is 2.38. The molecule has 9 aromatic rings. The highest BCUT2D eigenvalue weighted by molar-refractivity contribution is 8.01. The zero-order valence-electron chi connectivity index (χ0n) is 35.6. The van der Waals surface area contributed by atoms with E-state index in [1.807, 2.05) is 23.5 Å². The number of hydrogen-bond acceptors (Lipinski definition) is 2. The molecule has 2 aliphatic heterocycles. The van der Waals surface area contributed by atoms with Crippen molar-refractivity contribution in [1.29, 1.82) is 0 Å². The number of rotatable bonds is 4. The van der Waals surface area contributed by atoms with E-state index in [0.29, 0.717) is 0 Å². The molecule has 0 saturated carbocycles. The van der Waals surface area contributed by atoms with E-state index in [-0.39, 0.29) is 17.5 Å². The Kier molecular flexibility index (Phi) is 9.04. The maximum absolute atomic E-state index is 2.50. The third-order valence-corrected chi connectivity index (χ3v) is 15.1. The Bertz CT molecular complexity index is 3160. The summed E-state index contributed by atoms with van der Waals surface area (Å²) in [6.07, 6.45) is 0. The van der Waals surface area contributed by atoms with Crippen molar-refractivity contribution in [3.05, 3.63) is 187 Å². The van der Waals surface area contributed by atoms with Crippen LogP contribution in [0.25, 0.3) is 66.1 Å². The van der Waals surface area contributed by atoms with Gasteiger partial charge in [-0.3, -0.25) is 0 Å². The van der Waals surface area contributed by atoms with Crippen molar-refractivity contribution >= 4 is 68.2 Å². The summed E-state index contributed by atoms with van der Waals surface area (Å²) in [7, 11) is 0. The Morgan fingerprint density at radius 3 is 1.44 bits per heavy atom. The fourth-order valence-electron chi connectivity index (χ4n) is 9.70. The van der Waals surface area contributed by atoms with E-state index >= 15 is 0 Å². The van der Waals surface area contributed by atoms with Crippen molar-refractivity contribution in [3.8, 4) is 44.5 Å². The van der Waals surface area contributed by atoms with Crippen LogP contribution in [0, 0.1) is 0 Å². The molecular formula is C58H47BS2. The van der Waals surface area contributed by atoms with Crippen LogP contribution in [0.1, 0.15) is 52.7 Å². The molecular weight excluding hydrogens is 772 g/mol. The number of fused-ring (bicyclic) bond motifs is 6. The molecule has 0 nitrogen and oxygen atoms in total. The van der Waals surface area contributed by atoms with Crippen LogP contribution < -0.4 is 16.4 Å². The monoisotopic (exact) mass is 818 g/mol. The molecule has 2 aliphatic rings. The second-order valence-electron chi connectivity index (χ2n) is 18.9. The summed E-state index contributed by atoms with van der Waals surface area (Å²) >= 11 is 3.90. The van der Waals surface area contributed by atoms with Gasteiger partial charge in [0.25, 0.3) is 0 Å². The van der Waals surface area contributed by atoms with Crippen molar-refractivity contribution < 1.29 is 0 Å². The molecule has 9 aromatic carbocycles. The highest BCUT2D eigenvalue weighted by atomic mass is 32.2. The third-order valence-electron chi connectivity index (χ3n) is 12.9. The predicted octanol–water partition coefficient (Wildman–Crippen LogP) is 14.7. The minimum atomic E-state index is 0.0295. The maximum atomic E-state index is 2.50. The summed E-state index contributed by atoms with van der Waals surface area (Å²) in [5, 5.41) is 5.08. The first-order chi connectivity index (χ1) is 29.5. The van der Waals surface area contributed by atoms with Gasteiger partial charge in [-0.05, 0) is 136 Å². The lowest BCUT2D eigenvalue weighted by molar-refractivity contribution is 0.589. The van der Waals surface area contributed by atoms with Crippen molar-refractivity contribution in [1.82, 2.24) is 0 Å². The first kappa shape index (κ1) is 38.2. The van der Waals surface area contributed by atoms with E-state index in [1.165, 1.54) is 113 Å². The topological polar surface area (TPSA) is 0 Å². The van der Waals surface area contributed by atoms with Crippen molar-refractivity contribution in [2.24, 2.45) is 0 Å². The molecule has 294 valence electrons. The lowest BCUT2D eigenvalue weighted by Crippen LogP contribution is -2.58. The van der Waals surface area contributed by atoms with E-state index in [4.69, 9.17) is 0 Å². The van der Waals surface area contributed by atoms with Gasteiger partial charge in [-0.25, -0.2) is 0 Å². The molecule has 0 unspecified atom stereocenters. The standard InChI is InChI=1S/C58H47BS2/c1-57(2,3)42-20-16-19-37(32-42)38-29-39(31-41(30-38)55-46-23-12-10-21-44(46)54(36-17-8-7-9-18-36)45-22-11-13-24-47(45)55)40-33-52-56-53(34-40)61-51-35-43(58(4,5)6)27-28-49(51)59(56)48-25-14-15-26-50(48)60-52/h7-35H,1-6H3. The Morgan fingerprint density at radius 2 is 0.803 bits per heavy atom. The fraction of sp³-hybridized carbons (Fsp3) is 0.138. The van der Waals surface area contributed by atoms with Crippen LogP contribution in [0.15, 0.2) is 196 Å². The molecule has 0 fully saturated rings. The Morgan fingerprint density at radius 1 is 0.328 bits per heavy atom. The van der Waals surface area contributed by atoms with Gasteiger partial charge in [0, 0.05) is 19.6 Å². The Balaban J connectivity index is 1.18. The SMILES string of the molecule is CC(C)(C)c1cccc(-c2cc(-c3cc4c5c(c3)Sc3cc(C(C)(C)C)ccc3B5c3ccccc3S4)cc(-c3c4ccccc4c(-c4ccccc4)c4ccccc34)c2)c1. The van der Waals surface area contributed by atoms with Crippen LogP contribution in [0.4, 0.5) is 0 Å². The molecule has 0 aromatic heterocycles. The van der Waals surface area contributed by atoms with Gasteiger partial charge in [0.15, 0.2) is 0 Å². The zero-order chi connectivity index (χ0) is 41.6. The molecule has 3 heteroatoms. The van der Waals surface area contributed by atoms with Gasteiger partial charge in [-0.2, -0.15) is 0 Å². The first-order valence-corrected chi connectivity index (χ1v) is 23.2. The summed E-state index contributed by atoms with van der Waals surface area (Å²) in [6.45, 7) is 14.1. The van der Waals surface area contributed by atoms with Gasteiger partial charge < -0.3 is 0 Å². The second-order valence-corrected chi connectivity index (χ2v) is 21.1. The van der Waals surface area contributed by atoms with E-state index in [9.17, 15) is 0 Å².